The van der Waals surface area contributed by atoms with Crippen molar-refractivity contribution in [3.63, 3.8) is 0 Å². The largest absolute Gasteiger partial charge is 0.384 e. The van der Waals surface area contributed by atoms with Crippen LogP contribution in [0, 0.1) is 0 Å². The summed E-state index contributed by atoms with van der Waals surface area (Å²) >= 11 is 6.01. The highest BCUT2D eigenvalue weighted by Gasteiger charge is 2.24. The molecule has 0 saturated heterocycles. The zero-order chi connectivity index (χ0) is 12.5. The van der Waals surface area contributed by atoms with E-state index in [2.05, 4.69) is 15.6 Å². The second-order valence-electron chi connectivity index (χ2n) is 4.33. The third-order valence-electron chi connectivity index (χ3n) is 3.03. The first-order valence-corrected chi connectivity index (χ1v) is 6.09. The van der Waals surface area contributed by atoms with E-state index in [1.807, 2.05) is 24.4 Å². The molecule has 3 heterocycles. The average Bonchev–Trinajstić information content (AvgIpc) is 2.75. The minimum atomic E-state index is 0.129. The predicted molar refractivity (Wildman–Crippen MR) is 72.5 cm³/mol. The number of nitrogens with zero attached hydrogens (tertiary/aromatic N) is 1. The molecule has 0 fully saturated rings. The van der Waals surface area contributed by atoms with Gasteiger partial charge >= 0.3 is 0 Å². The Kier molecular flexibility index (Phi) is 2.72. The molecule has 5 heteroatoms. The molecule has 1 aromatic heterocycles. The summed E-state index contributed by atoms with van der Waals surface area (Å²) in [6, 6.07) is 3.81. The van der Waals surface area contributed by atoms with E-state index in [0.29, 0.717) is 10.9 Å². The highest BCUT2D eigenvalue weighted by molar-refractivity contribution is 6.31. The molecule has 2 aliphatic heterocycles. The lowest BCUT2D eigenvalue weighted by Crippen LogP contribution is -2.36. The number of hydrogen-bond acceptors (Lipinski definition) is 4. The lowest BCUT2D eigenvalue weighted by atomic mass is 9.99. The molecule has 3 rings (SSSR count). The average molecular weight is 261 g/mol. The summed E-state index contributed by atoms with van der Waals surface area (Å²) in [5.74, 6) is 0.541. The third-order valence-corrected chi connectivity index (χ3v) is 3.25. The van der Waals surface area contributed by atoms with Crippen molar-refractivity contribution >= 4 is 17.4 Å². The molecule has 0 aromatic carbocycles. The number of fused-ring (bicyclic) bond motifs is 1. The van der Waals surface area contributed by atoms with Gasteiger partial charge < -0.3 is 16.4 Å². The number of allylic oxidation sites excluding steroid dienone is 2. The van der Waals surface area contributed by atoms with Gasteiger partial charge in [-0.15, -0.1) is 0 Å². The quantitative estimate of drug-likeness (QED) is 0.756. The molecule has 4 N–H and O–H groups in total. The van der Waals surface area contributed by atoms with E-state index in [9.17, 15) is 0 Å². The summed E-state index contributed by atoms with van der Waals surface area (Å²) in [5, 5.41) is 7.18. The summed E-state index contributed by atoms with van der Waals surface area (Å²) in [7, 11) is 0. The van der Waals surface area contributed by atoms with Crippen molar-refractivity contribution in [2.75, 3.05) is 5.73 Å². The SMILES string of the molecule is Nc1ccc(CC2=CNC3NC=C(Cl)C=C23)cn1. The number of nitrogens with two attached hydrogens (primary N) is 1. The van der Waals surface area contributed by atoms with E-state index < -0.39 is 0 Å². The highest BCUT2D eigenvalue weighted by atomic mass is 35.5. The number of nitrogen functional groups attached to an aromatic ring is 1. The zero-order valence-corrected chi connectivity index (χ0v) is 10.4. The van der Waals surface area contributed by atoms with Crippen LogP contribution in [0.25, 0.3) is 0 Å². The molecule has 1 atom stereocenters. The topological polar surface area (TPSA) is 63.0 Å². The van der Waals surface area contributed by atoms with Crippen molar-refractivity contribution in [1.82, 2.24) is 15.6 Å². The maximum atomic E-state index is 6.01. The Bertz CT molecular complexity index is 557. The van der Waals surface area contributed by atoms with E-state index in [0.717, 1.165) is 12.0 Å². The van der Waals surface area contributed by atoms with E-state index in [-0.39, 0.29) is 6.17 Å². The highest BCUT2D eigenvalue weighted by Crippen LogP contribution is 2.27. The van der Waals surface area contributed by atoms with E-state index in [4.69, 9.17) is 17.3 Å². The summed E-state index contributed by atoms with van der Waals surface area (Å²) in [6.07, 6.45) is 8.54. The van der Waals surface area contributed by atoms with Crippen molar-refractivity contribution in [1.29, 1.82) is 0 Å². The Balaban J connectivity index is 1.81. The summed E-state index contributed by atoms with van der Waals surface area (Å²) < 4.78 is 0. The van der Waals surface area contributed by atoms with Gasteiger partial charge in [0.15, 0.2) is 0 Å². The van der Waals surface area contributed by atoms with Gasteiger partial charge in [0, 0.05) is 30.6 Å². The standard InChI is InChI=1S/C13H13ClN4/c14-10-4-11-9(6-17-13(11)18-7-10)3-8-1-2-12(15)16-5-8/h1-2,4-7,13,17-18H,3H2,(H2,15,16). The minimum Gasteiger partial charge on any atom is -0.384 e. The second-order valence-corrected chi connectivity index (χ2v) is 4.77. The Labute approximate surface area is 110 Å². The van der Waals surface area contributed by atoms with Crippen molar-refractivity contribution in [3.8, 4) is 0 Å². The van der Waals surface area contributed by atoms with Gasteiger partial charge in [-0.25, -0.2) is 4.98 Å². The Morgan fingerprint density at radius 3 is 2.89 bits per heavy atom. The molecule has 0 amide bonds. The first-order valence-electron chi connectivity index (χ1n) is 5.71. The van der Waals surface area contributed by atoms with Crippen LogP contribution < -0.4 is 16.4 Å². The fourth-order valence-electron chi connectivity index (χ4n) is 2.12. The van der Waals surface area contributed by atoms with Gasteiger partial charge in [0.05, 0.1) is 5.03 Å². The summed E-state index contributed by atoms with van der Waals surface area (Å²) in [5.41, 5.74) is 9.10. The first kappa shape index (κ1) is 11.2. The number of anilines is 1. The lowest BCUT2D eigenvalue weighted by Gasteiger charge is -2.19. The molecule has 18 heavy (non-hydrogen) atoms. The molecule has 1 aromatic rings. The maximum Gasteiger partial charge on any atom is 0.123 e. The van der Waals surface area contributed by atoms with E-state index >= 15 is 0 Å². The molecular formula is C13H13ClN4. The van der Waals surface area contributed by atoms with Crippen molar-refractivity contribution < 1.29 is 0 Å². The van der Waals surface area contributed by atoms with Gasteiger partial charge in [0.1, 0.15) is 12.0 Å². The Morgan fingerprint density at radius 1 is 1.28 bits per heavy atom. The van der Waals surface area contributed by atoms with Crippen LogP contribution in [-0.2, 0) is 6.42 Å². The Hall–Kier alpha value is -1.94. The zero-order valence-electron chi connectivity index (χ0n) is 9.65. The Morgan fingerprint density at radius 2 is 2.11 bits per heavy atom. The molecular weight excluding hydrogens is 248 g/mol. The molecule has 1 unspecified atom stereocenters. The van der Waals surface area contributed by atoms with Crippen molar-refractivity contribution in [2.24, 2.45) is 0 Å². The molecule has 92 valence electrons. The molecule has 0 bridgehead atoms. The van der Waals surface area contributed by atoms with Crippen molar-refractivity contribution in [2.45, 2.75) is 12.6 Å². The fraction of sp³-hybridized carbons (Fsp3) is 0.154. The first-order chi connectivity index (χ1) is 8.72. The normalized spacial score (nSPS) is 21.2. The van der Waals surface area contributed by atoms with E-state index in [1.54, 1.807) is 12.4 Å². The van der Waals surface area contributed by atoms with Crippen LogP contribution in [0.15, 0.2) is 53.0 Å². The summed E-state index contributed by atoms with van der Waals surface area (Å²) in [6.45, 7) is 0. The van der Waals surface area contributed by atoms with E-state index in [1.165, 1.54) is 11.1 Å². The minimum absolute atomic E-state index is 0.129. The van der Waals surface area contributed by atoms with Gasteiger partial charge in [-0.3, -0.25) is 0 Å². The van der Waals surface area contributed by atoms with Gasteiger partial charge in [-0.05, 0) is 23.3 Å². The van der Waals surface area contributed by atoms with Crippen LogP contribution in [0.3, 0.4) is 0 Å². The molecule has 4 nitrogen and oxygen atoms in total. The number of nitrogens with one attached hydrogen (secondary N) is 2. The monoisotopic (exact) mass is 260 g/mol. The van der Waals surface area contributed by atoms with Gasteiger partial charge in [-0.2, -0.15) is 0 Å². The number of rotatable bonds is 2. The van der Waals surface area contributed by atoms with Crippen LogP contribution in [0.1, 0.15) is 5.56 Å². The maximum absolute atomic E-state index is 6.01. The number of aromatic nitrogens is 1. The number of hydrogen-bond donors (Lipinski definition) is 3. The molecule has 0 spiro atoms. The predicted octanol–water partition coefficient (Wildman–Crippen LogP) is 1.63. The molecule has 2 aliphatic rings. The lowest BCUT2D eigenvalue weighted by molar-refractivity contribution is 0.631. The molecule has 0 radical (unpaired) electrons. The van der Waals surface area contributed by atoms with Gasteiger partial charge in [0.25, 0.3) is 0 Å². The number of dihydropyridines is 1. The smallest absolute Gasteiger partial charge is 0.123 e. The van der Waals surface area contributed by atoms with Crippen LogP contribution in [0.2, 0.25) is 0 Å². The van der Waals surface area contributed by atoms with Gasteiger partial charge in [0.2, 0.25) is 0 Å². The number of pyridine rings is 1. The van der Waals surface area contributed by atoms with Crippen molar-refractivity contribution in [3.05, 3.63) is 58.5 Å². The summed E-state index contributed by atoms with van der Waals surface area (Å²) in [4.78, 5) is 4.10. The van der Waals surface area contributed by atoms with Crippen LogP contribution in [0.4, 0.5) is 5.82 Å². The van der Waals surface area contributed by atoms with Crippen LogP contribution in [-0.4, -0.2) is 11.1 Å². The van der Waals surface area contributed by atoms with Crippen LogP contribution in [0.5, 0.6) is 0 Å². The molecule has 0 saturated carbocycles. The fourth-order valence-corrected chi connectivity index (χ4v) is 2.30. The van der Waals surface area contributed by atoms with Gasteiger partial charge in [-0.1, -0.05) is 17.7 Å². The second kappa shape index (κ2) is 4.38. The molecule has 0 aliphatic carbocycles. The third kappa shape index (κ3) is 2.07. The number of halogens is 1. The van der Waals surface area contributed by atoms with Crippen LogP contribution >= 0.6 is 11.6 Å².